The Morgan fingerprint density at radius 3 is 2.34 bits per heavy atom. The third kappa shape index (κ3) is 6.59. The van der Waals surface area contributed by atoms with Gasteiger partial charge in [-0.05, 0) is 93.8 Å². The van der Waals surface area contributed by atoms with Crippen LogP contribution in [0.4, 0.5) is 0 Å². The molecule has 41 heavy (non-hydrogen) atoms. The molecule has 0 radical (unpaired) electrons. The average molecular weight is 603 g/mol. The van der Waals surface area contributed by atoms with Crippen LogP contribution in [0, 0.1) is 32.1 Å². The first-order valence-electron chi connectivity index (χ1n) is 13.6. The number of benzene rings is 2. The fourth-order valence-electron chi connectivity index (χ4n) is 5.64. The first-order valence-corrected chi connectivity index (χ1v) is 16.9. The van der Waals surface area contributed by atoms with E-state index >= 15 is 0 Å². The molecule has 1 N–H and O–H groups in total. The molecule has 0 saturated carbocycles. The monoisotopic (exact) mass is 602 g/mol. The number of hydrogen-bond donors (Lipinski definition) is 1. The first-order chi connectivity index (χ1) is 19.0. The Labute approximate surface area is 243 Å². The highest BCUT2D eigenvalue weighted by molar-refractivity contribution is 7.89. The van der Waals surface area contributed by atoms with Gasteiger partial charge < -0.3 is 9.64 Å². The molecule has 1 saturated heterocycles. The van der Waals surface area contributed by atoms with Crippen LogP contribution >= 0.6 is 0 Å². The average Bonchev–Trinajstić information content (AvgIpc) is 2.90. The quantitative estimate of drug-likeness (QED) is 0.514. The maximum Gasteiger partial charge on any atom is 0.241 e. The van der Waals surface area contributed by atoms with Crippen molar-refractivity contribution in [1.82, 2.24) is 13.9 Å². The normalized spacial score (nSPS) is 18.2. The lowest BCUT2D eigenvalue weighted by Gasteiger charge is -2.36. The molecule has 2 aromatic rings. The first kappa shape index (κ1) is 31.0. The summed E-state index contributed by atoms with van der Waals surface area (Å²) in [6, 6.07) is 7.62. The number of hydrogen-bond acceptors (Lipinski definition) is 7. The molecule has 2 aliphatic rings. The summed E-state index contributed by atoms with van der Waals surface area (Å²) in [7, 11) is -7.59. The summed E-state index contributed by atoms with van der Waals surface area (Å²) in [5.74, 6) is 0.277. The van der Waals surface area contributed by atoms with E-state index in [0.717, 1.165) is 29.6 Å². The summed E-state index contributed by atoms with van der Waals surface area (Å²) in [4.78, 5) is 15.4. The van der Waals surface area contributed by atoms with Gasteiger partial charge in [0.15, 0.2) is 0 Å². The van der Waals surface area contributed by atoms with E-state index in [1.807, 2.05) is 20.8 Å². The molecule has 0 unspecified atom stereocenters. The Bertz CT molecular complexity index is 1620. The third-order valence-electron chi connectivity index (χ3n) is 8.05. The van der Waals surface area contributed by atoms with E-state index < -0.39 is 32.0 Å². The molecule has 10 nitrogen and oxygen atoms in total. The maximum absolute atomic E-state index is 14.1. The van der Waals surface area contributed by atoms with Crippen LogP contribution in [0.5, 0.6) is 5.75 Å². The molecule has 0 aliphatic carbocycles. The summed E-state index contributed by atoms with van der Waals surface area (Å²) in [6.45, 7) is 9.96. The van der Waals surface area contributed by atoms with Gasteiger partial charge in [0.2, 0.25) is 26.0 Å². The van der Waals surface area contributed by atoms with Gasteiger partial charge in [-0.2, -0.15) is 14.3 Å². The molecular weight excluding hydrogens is 564 g/mol. The summed E-state index contributed by atoms with van der Waals surface area (Å²) in [5, 5.41) is 9.35. The molecule has 4 rings (SSSR count). The molecule has 1 amide bonds. The number of rotatable bonds is 7. The number of nitrogens with one attached hydrogen (secondary N) is 1. The molecule has 2 heterocycles. The number of nitriles is 1. The Hall–Kier alpha value is -2.98. The van der Waals surface area contributed by atoms with Gasteiger partial charge in [0, 0.05) is 26.2 Å². The minimum Gasteiger partial charge on any atom is -0.487 e. The van der Waals surface area contributed by atoms with Crippen molar-refractivity contribution in [3.8, 4) is 11.8 Å². The molecule has 1 fully saturated rings. The van der Waals surface area contributed by atoms with Gasteiger partial charge >= 0.3 is 0 Å². The number of ether oxygens (including phenoxy) is 1. The van der Waals surface area contributed by atoms with Crippen molar-refractivity contribution in [2.75, 3.05) is 32.4 Å². The van der Waals surface area contributed by atoms with Gasteiger partial charge in [0.05, 0.1) is 22.8 Å². The van der Waals surface area contributed by atoms with E-state index in [9.17, 15) is 26.9 Å². The minimum absolute atomic E-state index is 0.0270. The van der Waals surface area contributed by atoms with Gasteiger partial charge in [0.1, 0.15) is 17.4 Å². The van der Waals surface area contributed by atoms with E-state index in [0.29, 0.717) is 28.7 Å². The smallest absolute Gasteiger partial charge is 0.241 e. The largest absolute Gasteiger partial charge is 0.487 e. The van der Waals surface area contributed by atoms with Gasteiger partial charge in [-0.3, -0.25) is 4.79 Å². The number of amides is 1. The van der Waals surface area contributed by atoms with Crippen LogP contribution in [0.15, 0.2) is 29.2 Å². The Balaban J connectivity index is 1.70. The van der Waals surface area contributed by atoms with Crippen molar-refractivity contribution in [2.24, 2.45) is 0 Å². The van der Waals surface area contributed by atoms with Crippen molar-refractivity contribution in [3.05, 3.63) is 57.6 Å². The molecular formula is C29H38N4O6S2. The van der Waals surface area contributed by atoms with Crippen LogP contribution in [-0.4, -0.2) is 76.0 Å². The van der Waals surface area contributed by atoms with Crippen LogP contribution in [0.3, 0.4) is 0 Å². The van der Waals surface area contributed by atoms with E-state index in [1.165, 1.54) is 9.21 Å². The van der Waals surface area contributed by atoms with Gasteiger partial charge in [0.25, 0.3) is 0 Å². The lowest BCUT2D eigenvalue weighted by atomic mass is 9.88. The van der Waals surface area contributed by atoms with E-state index in [1.54, 1.807) is 38.1 Å². The SMILES string of the molecule is Cc1c(C)c(S(=O)(=O)N[C@@H](Cc2cccc(C#N)c2)C(=O)N2CCN(S(C)(=O)=O)CC2)c(C)c2c1OC(C)(C)CC2. The van der Waals surface area contributed by atoms with Gasteiger partial charge in [-0.25, -0.2) is 16.8 Å². The predicted octanol–water partition coefficient (Wildman–Crippen LogP) is 2.58. The Morgan fingerprint density at radius 1 is 1.07 bits per heavy atom. The minimum atomic E-state index is -4.18. The van der Waals surface area contributed by atoms with Crippen LogP contribution < -0.4 is 9.46 Å². The number of carbonyl (C=O) groups is 1. The lowest BCUT2D eigenvalue weighted by molar-refractivity contribution is -0.134. The summed E-state index contributed by atoms with van der Waals surface area (Å²) < 4.78 is 62.3. The molecule has 222 valence electrons. The topological polar surface area (TPSA) is 137 Å². The Kier molecular flexibility index (Phi) is 8.58. The zero-order valence-electron chi connectivity index (χ0n) is 24.4. The van der Waals surface area contributed by atoms with E-state index in [-0.39, 0.29) is 43.1 Å². The molecule has 0 bridgehead atoms. The Morgan fingerprint density at radius 2 is 1.73 bits per heavy atom. The highest BCUT2D eigenvalue weighted by atomic mass is 32.2. The standard InChI is InChI=1S/C29H38N4O6S2/c1-19-20(2)27(21(3)24-10-11-29(4,5)39-26(19)24)41(37,38)31-25(17-22-8-7-9-23(16-22)18-30)28(34)32-12-14-33(15-13-32)40(6,35)36/h7-9,16,25,31H,10-15,17H2,1-6H3/t25-/m0/s1. The number of fused-ring (bicyclic) bond motifs is 1. The molecule has 2 aliphatic heterocycles. The highest BCUT2D eigenvalue weighted by Crippen LogP contribution is 2.42. The molecule has 12 heteroatoms. The van der Waals surface area contributed by atoms with Crippen molar-refractivity contribution in [1.29, 1.82) is 5.26 Å². The zero-order chi connectivity index (χ0) is 30.3. The second-order valence-corrected chi connectivity index (χ2v) is 15.2. The summed E-state index contributed by atoms with van der Waals surface area (Å²) >= 11 is 0. The lowest BCUT2D eigenvalue weighted by Crippen LogP contribution is -2.56. The predicted molar refractivity (Wildman–Crippen MR) is 156 cm³/mol. The van der Waals surface area contributed by atoms with Crippen molar-refractivity contribution >= 4 is 26.0 Å². The molecule has 1 atom stereocenters. The van der Waals surface area contributed by atoms with Crippen molar-refractivity contribution in [3.63, 3.8) is 0 Å². The second-order valence-electron chi connectivity index (χ2n) is 11.6. The fourth-order valence-corrected chi connectivity index (χ4v) is 8.23. The molecule has 0 aromatic heterocycles. The van der Waals surface area contributed by atoms with Gasteiger partial charge in [-0.15, -0.1) is 0 Å². The molecule has 2 aromatic carbocycles. The number of piperazine rings is 1. The highest BCUT2D eigenvalue weighted by Gasteiger charge is 2.37. The van der Waals surface area contributed by atoms with Crippen LogP contribution in [0.2, 0.25) is 0 Å². The zero-order valence-corrected chi connectivity index (χ0v) is 26.1. The van der Waals surface area contributed by atoms with E-state index in [2.05, 4.69) is 10.8 Å². The van der Waals surface area contributed by atoms with Crippen LogP contribution in [0.25, 0.3) is 0 Å². The number of nitrogens with zero attached hydrogens (tertiary/aromatic N) is 3. The van der Waals surface area contributed by atoms with Crippen molar-refractivity contribution in [2.45, 2.75) is 70.4 Å². The number of carbonyl (C=O) groups excluding carboxylic acids is 1. The maximum atomic E-state index is 14.1. The fraction of sp³-hybridized carbons (Fsp3) is 0.517. The van der Waals surface area contributed by atoms with Crippen LogP contribution in [0.1, 0.15) is 53.6 Å². The third-order valence-corrected chi connectivity index (χ3v) is 11.1. The second kappa shape index (κ2) is 11.4. The summed E-state index contributed by atoms with van der Waals surface area (Å²) in [5.41, 5.74) is 3.45. The van der Waals surface area contributed by atoms with Gasteiger partial charge in [-0.1, -0.05) is 12.1 Å². The number of sulfonamides is 2. The molecule has 0 spiro atoms. The van der Waals surface area contributed by atoms with Crippen molar-refractivity contribution < 1.29 is 26.4 Å². The van der Waals surface area contributed by atoms with E-state index in [4.69, 9.17) is 4.74 Å². The van der Waals surface area contributed by atoms with Crippen LogP contribution in [-0.2, 0) is 37.7 Å². The summed E-state index contributed by atoms with van der Waals surface area (Å²) in [6.07, 6.45) is 2.57.